The molecule has 0 aromatic carbocycles. The second-order valence-electron chi connectivity index (χ2n) is 0.733. The van der Waals surface area contributed by atoms with Gasteiger partial charge < -0.3 is 35.7 Å². The maximum absolute atomic E-state index is 9.19. The van der Waals surface area contributed by atoms with Crippen LogP contribution in [0.1, 0.15) is 2.85 Å². The molecule has 0 aliphatic carbocycles. The Hall–Kier alpha value is 0.436. The van der Waals surface area contributed by atoms with Crippen molar-refractivity contribution in [3.05, 3.63) is 0 Å². The third kappa shape index (κ3) is 4880. The molecule has 0 aliphatic heterocycles. The van der Waals surface area contributed by atoms with Gasteiger partial charge in [-0.2, -0.15) is 8.42 Å². The molecule has 0 aromatic rings. The summed E-state index contributed by atoms with van der Waals surface area (Å²) in [6.07, 6.45) is 0.715. The molecule has 12 heavy (non-hydrogen) atoms. The average molecular weight is 231 g/mol. The molecule has 0 aromatic heterocycles. The second-order valence-corrected chi connectivity index (χ2v) is 2.20. The van der Waals surface area contributed by atoms with Crippen LogP contribution in [0.15, 0.2) is 0 Å². The van der Waals surface area contributed by atoms with Crippen molar-refractivity contribution in [2.75, 3.05) is 6.26 Å². The minimum absolute atomic E-state index is 0. The number of hydrogen-bond acceptors (Lipinski definition) is 2. The van der Waals surface area contributed by atoms with E-state index in [2.05, 4.69) is 0 Å². The van der Waals surface area contributed by atoms with Gasteiger partial charge in [0.05, 0.1) is 6.26 Å². The number of rotatable bonds is 0. The molecular weight excluding hydrogens is 212 g/mol. The van der Waals surface area contributed by atoms with E-state index < -0.39 is 10.1 Å². The van der Waals surface area contributed by atoms with Gasteiger partial charge in [-0.1, -0.05) is 0 Å². The van der Waals surface area contributed by atoms with Gasteiger partial charge in [0.15, 0.2) is 0 Å². The van der Waals surface area contributed by atoms with Crippen LogP contribution in [0.2, 0.25) is 0 Å². The maximum Gasteiger partial charge on any atom is 2.00 e. The molecule has 13 N–H and O–H groups in total. The molecule has 0 saturated carbocycles. The van der Waals surface area contributed by atoms with Crippen LogP contribution >= 0.6 is 0 Å². The van der Waals surface area contributed by atoms with E-state index in [1.807, 2.05) is 0 Å². The maximum atomic E-state index is 9.19. The largest absolute Gasteiger partial charge is 2.00 e. The molecule has 0 fully saturated rings. The summed E-state index contributed by atoms with van der Waals surface area (Å²) in [6.45, 7) is 0. The Morgan fingerprint density at radius 2 is 0.917 bits per heavy atom. The Labute approximate surface area is 88.5 Å². The summed E-state index contributed by atoms with van der Waals surface area (Å²) >= 11 is 0. The van der Waals surface area contributed by atoms with Crippen LogP contribution in [0.5, 0.6) is 0 Å². The Kier molecular flexibility index (Phi) is 207. The van der Waals surface area contributed by atoms with Gasteiger partial charge in [0, 0.05) is 0 Å². The van der Waals surface area contributed by atoms with Crippen molar-refractivity contribution < 1.29 is 48.7 Å². The van der Waals surface area contributed by atoms with Crippen molar-refractivity contribution in [1.82, 2.24) is 0 Å². The zero-order chi connectivity index (χ0) is 4.50. The first-order chi connectivity index (χ1) is 2.00. The third-order valence-electron chi connectivity index (χ3n) is 0. The van der Waals surface area contributed by atoms with E-state index in [0.29, 0.717) is 6.26 Å². The Bertz CT molecular complexity index is 106. The summed E-state index contributed by atoms with van der Waals surface area (Å²) in [5.74, 6) is 0. The fourth-order valence-corrected chi connectivity index (χ4v) is 0. The fourth-order valence-electron chi connectivity index (χ4n) is 0. The molecule has 84 valence electrons. The van der Waals surface area contributed by atoms with E-state index in [1.54, 1.807) is 0 Å². The molecule has 0 unspecified atom stereocenters. The Morgan fingerprint density at radius 3 is 0.917 bits per heavy atom. The first-order valence-corrected chi connectivity index (χ1v) is 2.77. The molecule has 0 heterocycles. The van der Waals surface area contributed by atoms with Gasteiger partial charge in [-0.15, -0.1) is 0 Å². The molecule has 0 atom stereocenters. The van der Waals surface area contributed by atoms with Gasteiger partial charge in [0.25, 0.3) is 10.1 Å². The number of hydrogen-bond donors (Lipinski definition) is 1. The van der Waals surface area contributed by atoms with Crippen molar-refractivity contribution in [2.24, 2.45) is 0 Å². The fraction of sp³-hybridized carbons (Fsp3) is 1.00. The van der Waals surface area contributed by atoms with Crippen LogP contribution in [0.25, 0.3) is 0 Å². The van der Waals surface area contributed by atoms with Crippen molar-refractivity contribution in [2.45, 2.75) is 0 Å². The molecule has 11 heteroatoms. The van der Waals surface area contributed by atoms with Gasteiger partial charge in [-0.05, 0) is 0 Å². The van der Waals surface area contributed by atoms with Crippen LogP contribution in [-0.4, -0.2) is 75.1 Å². The van der Waals surface area contributed by atoms with Gasteiger partial charge in [-0.25, -0.2) is 0 Å². The summed E-state index contributed by atoms with van der Waals surface area (Å²) in [7, 11) is -3.67. The molecule has 0 radical (unpaired) electrons. The molecule has 0 saturated heterocycles. The van der Waals surface area contributed by atoms with Crippen LogP contribution in [-0.2, 0) is 10.1 Å². The minimum Gasteiger partial charge on any atom is -1.00 e. The van der Waals surface area contributed by atoms with Crippen molar-refractivity contribution in [1.29, 1.82) is 0 Å². The van der Waals surface area contributed by atoms with E-state index in [0.717, 1.165) is 0 Å². The smallest absolute Gasteiger partial charge is 1.00 e. The van der Waals surface area contributed by atoms with E-state index in [9.17, 15) is 8.42 Å². The standard InChI is InChI=1S/CH4O3S.Mg.6H2O.2H/c1-5(2,3)4;;;;;;;;;/h1H3,(H,2,3,4);;6*1H2;;/q;+2;;;;;;;2*-1. The van der Waals surface area contributed by atoms with Gasteiger partial charge in [0.1, 0.15) is 0 Å². The van der Waals surface area contributed by atoms with E-state index >= 15 is 0 Å². The summed E-state index contributed by atoms with van der Waals surface area (Å²) in [4.78, 5) is 0. The molecular formula is CH18MgO9S. The topological polar surface area (TPSA) is 243 Å². The normalized spacial score (nSPS) is 4.83. The second kappa shape index (κ2) is 30.1. The van der Waals surface area contributed by atoms with Crippen molar-refractivity contribution in [3.8, 4) is 0 Å². The molecule has 9 nitrogen and oxygen atoms in total. The summed E-state index contributed by atoms with van der Waals surface area (Å²) < 4.78 is 25.9. The van der Waals surface area contributed by atoms with E-state index in [1.165, 1.54) is 0 Å². The Morgan fingerprint density at radius 1 is 0.917 bits per heavy atom. The van der Waals surface area contributed by atoms with Crippen molar-refractivity contribution >= 4 is 33.2 Å². The van der Waals surface area contributed by atoms with Gasteiger partial charge in [-0.3, -0.25) is 4.55 Å². The molecule has 0 rings (SSSR count). The van der Waals surface area contributed by atoms with Crippen LogP contribution in [0, 0.1) is 0 Å². The quantitative estimate of drug-likeness (QED) is 0.316. The first kappa shape index (κ1) is 82.6. The third-order valence-corrected chi connectivity index (χ3v) is 0. The first-order valence-electron chi connectivity index (χ1n) is 0.924. The van der Waals surface area contributed by atoms with E-state index in [-0.39, 0.29) is 58.8 Å². The zero-order valence-corrected chi connectivity index (χ0v) is 8.61. The predicted molar refractivity (Wildman–Crippen MR) is 47.1 cm³/mol. The van der Waals surface area contributed by atoms with Gasteiger partial charge >= 0.3 is 23.1 Å². The average Bonchev–Trinajstić information content (AvgIpc) is 0.722. The SMILES string of the molecule is CS(=O)(=O)O.O.O.O.O.O.O.[H-].[H-].[Mg+2]. The minimum atomic E-state index is -3.67. The molecule has 0 spiro atoms. The summed E-state index contributed by atoms with van der Waals surface area (Å²) in [6, 6.07) is 0. The Balaban J connectivity index is -0.00000000222. The summed E-state index contributed by atoms with van der Waals surface area (Å²) in [5.41, 5.74) is 0. The van der Waals surface area contributed by atoms with Gasteiger partial charge in [0.2, 0.25) is 0 Å². The predicted octanol–water partition coefficient (Wildman–Crippen LogP) is -5.60. The van der Waals surface area contributed by atoms with Crippen LogP contribution in [0.3, 0.4) is 0 Å². The molecule has 0 aliphatic rings. The van der Waals surface area contributed by atoms with Crippen molar-refractivity contribution in [3.63, 3.8) is 0 Å². The molecule has 0 amide bonds. The van der Waals surface area contributed by atoms with Crippen LogP contribution in [0.4, 0.5) is 0 Å². The monoisotopic (exact) mass is 230 g/mol. The summed E-state index contributed by atoms with van der Waals surface area (Å²) in [5, 5.41) is 0. The zero-order valence-electron chi connectivity index (χ0n) is 8.38. The van der Waals surface area contributed by atoms with E-state index in [4.69, 9.17) is 4.55 Å². The van der Waals surface area contributed by atoms with Crippen LogP contribution < -0.4 is 0 Å². The molecule has 0 bridgehead atoms.